The van der Waals surface area contributed by atoms with Gasteiger partial charge in [0.1, 0.15) is 0 Å². The van der Waals surface area contributed by atoms with Crippen LogP contribution in [0, 0.1) is 6.07 Å². The molecule has 0 unspecified atom stereocenters. The average Bonchev–Trinajstić information content (AvgIpc) is 3.34. The van der Waals surface area contributed by atoms with Crippen LogP contribution < -0.4 is 0 Å². The Morgan fingerprint density at radius 2 is 1.71 bits per heavy atom. The number of thiazole rings is 1. The largest absolute Gasteiger partial charge is 0.335 e. The van der Waals surface area contributed by atoms with Gasteiger partial charge < -0.3 is 9.80 Å². The maximum Gasteiger partial charge on any atom is 0.282 e. The summed E-state index contributed by atoms with van der Waals surface area (Å²) < 4.78 is 0. The molecule has 0 spiro atoms. The molecule has 6 nitrogen and oxygen atoms in total. The summed E-state index contributed by atoms with van der Waals surface area (Å²) in [6.07, 6.45) is 1.67. The Morgan fingerprint density at radius 3 is 2.35 bits per heavy atom. The van der Waals surface area contributed by atoms with E-state index >= 15 is 0 Å². The normalized spacial score (nSPS) is 17.4. The second-order valence-electron chi connectivity index (χ2n) is 7.90. The van der Waals surface area contributed by atoms with Gasteiger partial charge in [0.15, 0.2) is 5.01 Å². The number of piperazine rings is 1. The Bertz CT molecular complexity index is 1040. The Hall–Kier alpha value is -3.03. The van der Waals surface area contributed by atoms with Crippen molar-refractivity contribution >= 4 is 23.2 Å². The molecule has 31 heavy (non-hydrogen) atoms. The van der Waals surface area contributed by atoms with E-state index in [1.54, 1.807) is 6.20 Å². The summed E-state index contributed by atoms with van der Waals surface area (Å²) in [6.45, 7) is 4.59. The summed E-state index contributed by atoms with van der Waals surface area (Å²) in [5.74, 6) is 0.108. The molecular weight excluding hydrogens is 408 g/mol. The molecule has 0 bridgehead atoms. The molecule has 1 aromatic heterocycles. The van der Waals surface area contributed by atoms with Gasteiger partial charge in [0.05, 0.1) is 0 Å². The van der Waals surface area contributed by atoms with Crippen molar-refractivity contribution in [2.75, 3.05) is 39.3 Å². The lowest BCUT2D eigenvalue weighted by atomic mass is 10.0. The van der Waals surface area contributed by atoms with Gasteiger partial charge in [-0.05, 0) is 35.4 Å². The van der Waals surface area contributed by atoms with Crippen molar-refractivity contribution in [3.63, 3.8) is 0 Å². The second kappa shape index (κ2) is 8.61. The lowest BCUT2D eigenvalue weighted by molar-refractivity contribution is 0.00853. The average molecular weight is 432 g/mol. The third-order valence-electron chi connectivity index (χ3n) is 6.05. The summed E-state index contributed by atoms with van der Waals surface area (Å²) in [6, 6.07) is 19.1. The molecule has 1 radical (unpaired) electrons. The maximum absolute atomic E-state index is 12.8. The lowest BCUT2D eigenvalue weighted by Crippen LogP contribution is -2.64. The van der Waals surface area contributed by atoms with Gasteiger partial charge in [-0.1, -0.05) is 30.3 Å². The first kappa shape index (κ1) is 19.9. The summed E-state index contributed by atoms with van der Waals surface area (Å²) in [5.41, 5.74) is 2.90. The first-order valence-corrected chi connectivity index (χ1v) is 11.4. The molecule has 2 saturated heterocycles. The van der Waals surface area contributed by atoms with E-state index < -0.39 is 0 Å². The summed E-state index contributed by atoms with van der Waals surface area (Å²) in [5, 5.41) is 2.39. The van der Waals surface area contributed by atoms with Crippen molar-refractivity contribution in [2.24, 2.45) is 0 Å². The number of amides is 2. The number of nitrogens with zero attached hydrogens (tertiary/aromatic N) is 4. The van der Waals surface area contributed by atoms with Crippen LogP contribution in [0.1, 0.15) is 20.2 Å². The Morgan fingerprint density at radius 1 is 0.935 bits per heavy atom. The van der Waals surface area contributed by atoms with Crippen molar-refractivity contribution in [1.29, 1.82) is 0 Å². The van der Waals surface area contributed by atoms with Crippen molar-refractivity contribution in [3.05, 3.63) is 76.7 Å². The Labute approximate surface area is 185 Å². The van der Waals surface area contributed by atoms with Crippen LogP contribution in [-0.2, 0) is 0 Å². The maximum atomic E-state index is 12.8. The number of hydrogen-bond donors (Lipinski definition) is 0. The number of carbonyl (C=O) groups is 2. The first-order valence-electron chi connectivity index (χ1n) is 10.5. The molecule has 2 fully saturated rings. The van der Waals surface area contributed by atoms with E-state index in [0.29, 0.717) is 24.1 Å². The standard InChI is InChI=1S/C24H23N4O2S/c29-23(20-8-6-19(7-9-20)18-4-2-1-3-5-18)28-16-21(17-28)26-11-13-27(14-12-26)24(30)22-25-10-15-31-22/h1-2,4-10,15,21H,11-14,16-17H2. The van der Waals surface area contributed by atoms with Crippen molar-refractivity contribution in [3.8, 4) is 11.1 Å². The van der Waals surface area contributed by atoms with E-state index in [-0.39, 0.29) is 11.8 Å². The molecule has 2 amide bonds. The highest BCUT2D eigenvalue weighted by Crippen LogP contribution is 2.23. The van der Waals surface area contributed by atoms with Gasteiger partial charge in [-0.3, -0.25) is 14.5 Å². The van der Waals surface area contributed by atoms with E-state index in [2.05, 4.69) is 16.0 Å². The molecule has 0 saturated carbocycles. The monoisotopic (exact) mass is 431 g/mol. The number of aromatic nitrogens is 1. The molecule has 157 valence electrons. The van der Waals surface area contributed by atoms with Crippen LogP contribution in [0.15, 0.2) is 60.1 Å². The number of likely N-dealkylation sites (tertiary alicyclic amines) is 1. The van der Waals surface area contributed by atoms with Gasteiger partial charge in [-0.15, -0.1) is 11.3 Å². The topological polar surface area (TPSA) is 56.8 Å². The van der Waals surface area contributed by atoms with Gasteiger partial charge in [0.2, 0.25) is 0 Å². The summed E-state index contributed by atoms with van der Waals surface area (Å²) in [4.78, 5) is 35.6. The molecule has 3 aromatic rings. The smallest absolute Gasteiger partial charge is 0.282 e. The van der Waals surface area contributed by atoms with Gasteiger partial charge in [-0.25, -0.2) is 4.98 Å². The van der Waals surface area contributed by atoms with E-state index in [1.807, 2.05) is 63.7 Å². The molecule has 2 aromatic carbocycles. The zero-order valence-electron chi connectivity index (χ0n) is 17.1. The SMILES string of the molecule is O=C(c1ccc(-c2c[c]ccc2)cc1)N1CC(N2CCN(C(=O)c3nccs3)CC2)C1. The molecule has 7 heteroatoms. The number of rotatable bonds is 4. The van der Waals surface area contributed by atoms with Gasteiger partial charge >= 0.3 is 0 Å². The van der Waals surface area contributed by atoms with Crippen LogP contribution in [0.25, 0.3) is 11.1 Å². The molecule has 5 rings (SSSR count). The van der Waals surface area contributed by atoms with E-state index in [0.717, 1.165) is 42.9 Å². The van der Waals surface area contributed by atoms with Crippen molar-refractivity contribution < 1.29 is 9.59 Å². The molecule has 0 aliphatic carbocycles. The van der Waals surface area contributed by atoms with Gasteiger partial charge in [-0.2, -0.15) is 0 Å². The fourth-order valence-corrected chi connectivity index (χ4v) is 4.77. The van der Waals surface area contributed by atoms with Crippen LogP contribution in [0.3, 0.4) is 0 Å². The lowest BCUT2D eigenvalue weighted by Gasteiger charge is -2.48. The highest BCUT2D eigenvalue weighted by molar-refractivity contribution is 7.11. The van der Waals surface area contributed by atoms with Crippen LogP contribution >= 0.6 is 11.3 Å². The molecular formula is C24H23N4O2S. The summed E-state index contributed by atoms with van der Waals surface area (Å²) in [7, 11) is 0. The zero-order chi connectivity index (χ0) is 21.2. The Balaban J connectivity index is 1.12. The third-order valence-corrected chi connectivity index (χ3v) is 6.82. The van der Waals surface area contributed by atoms with Crippen LogP contribution in [0.2, 0.25) is 0 Å². The van der Waals surface area contributed by atoms with Crippen LogP contribution in [0.4, 0.5) is 0 Å². The Kier molecular flexibility index (Phi) is 5.53. The van der Waals surface area contributed by atoms with Gasteiger partial charge in [0.25, 0.3) is 11.8 Å². The minimum absolute atomic E-state index is 0.0249. The minimum atomic E-state index is 0.0249. The zero-order valence-corrected chi connectivity index (χ0v) is 17.9. The second-order valence-corrected chi connectivity index (χ2v) is 8.79. The molecule has 0 N–H and O–H groups in total. The van der Waals surface area contributed by atoms with E-state index in [9.17, 15) is 9.59 Å². The van der Waals surface area contributed by atoms with E-state index in [1.165, 1.54) is 11.3 Å². The highest BCUT2D eigenvalue weighted by atomic mass is 32.1. The summed E-state index contributed by atoms with van der Waals surface area (Å²) >= 11 is 1.39. The highest BCUT2D eigenvalue weighted by Gasteiger charge is 2.37. The molecule has 3 heterocycles. The number of benzene rings is 2. The predicted octanol–water partition coefficient (Wildman–Crippen LogP) is 2.89. The number of carbonyl (C=O) groups excluding carboxylic acids is 2. The van der Waals surface area contributed by atoms with Crippen LogP contribution in [-0.4, -0.2) is 76.8 Å². The van der Waals surface area contributed by atoms with Crippen molar-refractivity contribution in [1.82, 2.24) is 19.7 Å². The fourth-order valence-electron chi connectivity index (χ4n) is 4.17. The van der Waals surface area contributed by atoms with Gasteiger partial charge in [0, 0.05) is 62.5 Å². The van der Waals surface area contributed by atoms with Crippen LogP contribution in [0.5, 0.6) is 0 Å². The quantitative estimate of drug-likeness (QED) is 0.638. The van der Waals surface area contributed by atoms with Crippen molar-refractivity contribution in [2.45, 2.75) is 6.04 Å². The third kappa shape index (κ3) is 4.11. The molecule has 0 atom stereocenters. The number of hydrogen-bond acceptors (Lipinski definition) is 5. The minimum Gasteiger partial charge on any atom is -0.335 e. The fraction of sp³-hybridized carbons (Fsp3) is 0.292. The molecule has 2 aliphatic heterocycles. The first-order chi connectivity index (χ1) is 15.2. The molecule has 2 aliphatic rings. The van der Waals surface area contributed by atoms with E-state index in [4.69, 9.17) is 0 Å². The predicted molar refractivity (Wildman–Crippen MR) is 120 cm³/mol.